The maximum Gasteiger partial charge on any atom is 0.341 e. The number of cyclic esters (lactones) is 1. The Labute approximate surface area is 126 Å². The molecule has 4 heteroatoms. The van der Waals surface area contributed by atoms with Crippen molar-refractivity contribution in [1.82, 2.24) is 4.90 Å². The largest absolute Gasteiger partial charge is 0.428 e. The van der Waals surface area contributed by atoms with E-state index in [-0.39, 0.29) is 12.1 Å². The van der Waals surface area contributed by atoms with Crippen molar-refractivity contribution in [3.63, 3.8) is 0 Å². The van der Waals surface area contributed by atoms with Crippen LogP contribution in [0.1, 0.15) is 55.3 Å². The summed E-state index contributed by atoms with van der Waals surface area (Å²) in [5.41, 5.74) is 1.50. The fraction of sp³-hybridized carbons (Fsp3) is 0.588. The molecule has 0 amide bonds. The van der Waals surface area contributed by atoms with E-state index in [1.54, 1.807) is 6.07 Å². The average Bonchev–Trinajstić information content (AvgIpc) is 3.10. The molecule has 0 bridgehead atoms. The lowest BCUT2D eigenvalue weighted by Crippen LogP contribution is -2.40. The highest BCUT2D eigenvalue weighted by Crippen LogP contribution is 2.35. The van der Waals surface area contributed by atoms with Crippen LogP contribution in [0.2, 0.25) is 0 Å². The Bertz CT molecular complexity index is 517. The predicted molar refractivity (Wildman–Crippen MR) is 80.0 cm³/mol. The minimum atomic E-state index is -0.544. The Balaban J connectivity index is 1.75. The van der Waals surface area contributed by atoms with Gasteiger partial charge in [-0.05, 0) is 38.4 Å². The van der Waals surface area contributed by atoms with E-state index in [1.165, 1.54) is 6.42 Å². The van der Waals surface area contributed by atoms with Crippen molar-refractivity contribution in [1.29, 1.82) is 0 Å². The van der Waals surface area contributed by atoms with Gasteiger partial charge in [0.2, 0.25) is 6.29 Å². The molecule has 2 aliphatic heterocycles. The molecule has 2 unspecified atom stereocenters. The molecule has 0 N–H and O–H groups in total. The van der Waals surface area contributed by atoms with Crippen LogP contribution < -0.4 is 0 Å². The topological polar surface area (TPSA) is 38.8 Å². The second kappa shape index (κ2) is 6.16. The predicted octanol–water partition coefficient (Wildman–Crippen LogP) is 3.14. The number of fused-ring (bicyclic) bond motifs is 1. The van der Waals surface area contributed by atoms with Gasteiger partial charge in [0.15, 0.2) is 0 Å². The van der Waals surface area contributed by atoms with Gasteiger partial charge in [-0.1, -0.05) is 32.0 Å². The normalized spacial score (nSPS) is 26.7. The highest BCUT2D eigenvalue weighted by Gasteiger charge is 2.37. The first-order valence-electron chi connectivity index (χ1n) is 7.94. The van der Waals surface area contributed by atoms with Gasteiger partial charge in [0.05, 0.1) is 11.7 Å². The van der Waals surface area contributed by atoms with Gasteiger partial charge in [-0.2, -0.15) is 0 Å². The monoisotopic (exact) mass is 289 g/mol. The summed E-state index contributed by atoms with van der Waals surface area (Å²) in [4.78, 5) is 14.3. The van der Waals surface area contributed by atoms with Crippen LogP contribution in [0.4, 0.5) is 0 Å². The molecule has 114 valence electrons. The van der Waals surface area contributed by atoms with Gasteiger partial charge in [0.25, 0.3) is 0 Å². The molecule has 3 rings (SSSR count). The van der Waals surface area contributed by atoms with Gasteiger partial charge in [0, 0.05) is 11.6 Å². The number of ether oxygens (including phenoxy) is 2. The number of esters is 1. The third kappa shape index (κ3) is 2.70. The van der Waals surface area contributed by atoms with Gasteiger partial charge >= 0.3 is 5.97 Å². The van der Waals surface area contributed by atoms with Gasteiger partial charge in [-0.3, -0.25) is 4.90 Å². The summed E-state index contributed by atoms with van der Waals surface area (Å²) in [6.07, 6.45) is 2.88. The van der Waals surface area contributed by atoms with Gasteiger partial charge in [-0.25, -0.2) is 4.79 Å². The molecule has 1 aromatic rings. The molecule has 0 spiro atoms. The Morgan fingerprint density at radius 2 is 2.19 bits per heavy atom. The Morgan fingerprint density at radius 3 is 2.95 bits per heavy atom. The summed E-state index contributed by atoms with van der Waals surface area (Å²) in [7, 11) is 0. The quantitative estimate of drug-likeness (QED) is 0.781. The maximum absolute atomic E-state index is 11.9. The number of hydrogen-bond acceptors (Lipinski definition) is 4. The van der Waals surface area contributed by atoms with E-state index in [4.69, 9.17) is 9.47 Å². The molecule has 0 aromatic heterocycles. The van der Waals surface area contributed by atoms with Gasteiger partial charge in [-0.15, -0.1) is 0 Å². The van der Waals surface area contributed by atoms with E-state index < -0.39 is 6.29 Å². The summed E-state index contributed by atoms with van der Waals surface area (Å²) in [6.45, 7) is 6.52. The molecule has 1 aromatic carbocycles. The van der Waals surface area contributed by atoms with Crippen LogP contribution in [-0.2, 0) is 9.47 Å². The molecule has 21 heavy (non-hydrogen) atoms. The molecule has 1 saturated heterocycles. The molecular weight excluding hydrogens is 266 g/mol. The lowest BCUT2D eigenvalue weighted by atomic mass is 10.1. The first kappa shape index (κ1) is 14.5. The second-order valence-corrected chi connectivity index (χ2v) is 5.75. The molecular formula is C17H23NO3. The standard InChI is InChI=1S/C17H23NO3/c1-3-15(14-10-7-11-18(14)4-2)20-17-13-9-6-5-8-12(13)16(19)21-17/h5-6,8-9,14-15,17H,3-4,7,10-11H2,1-2H3/t14-,15?,17?/m0/s1. The summed E-state index contributed by atoms with van der Waals surface area (Å²) in [5, 5.41) is 0. The van der Waals surface area contributed by atoms with Gasteiger partial charge < -0.3 is 9.47 Å². The maximum atomic E-state index is 11.9. The van der Waals surface area contributed by atoms with Gasteiger partial charge in [0.1, 0.15) is 0 Å². The smallest absolute Gasteiger partial charge is 0.341 e. The average molecular weight is 289 g/mol. The Hall–Kier alpha value is -1.39. The zero-order valence-electron chi connectivity index (χ0n) is 12.7. The number of carbonyl (C=O) groups excluding carboxylic acids is 1. The number of carbonyl (C=O) groups is 1. The van der Waals surface area contributed by atoms with E-state index in [0.717, 1.165) is 31.5 Å². The van der Waals surface area contributed by atoms with E-state index >= 15 is 0 Å². The second-order valence-electron chi connectivity index (χ2n) is 5.75. The molecule has 2 heterocycles. The van der Waals surface area contributed by atoms with Crippen LogP contribution >= 0.6 is 0 Å². The SMILES string of the molecule is CCC(OC1OC(=O)c2ccccc21)[C@@H]1CCCN1CC. The van der Waals surface area contributed by atoms with E-state index in [1.807, 2.05) is 18.2 Å². The van der Waals surface area contributed by atoms with Crippen molar-refractivity contribution in [2.24, 2.45) is 0 Å². The summed E-state index contributed by atoms with van der Waals surface area (Å²) in [5.74, 6) is -0.274. The number of likely N-dealkylation sites (N-methyl/N-ethyl adjacent to an activating group) is 1. The lowest BCUT2D eigenvalue weighted by Gasteiger charge is -2.31. The molecule has 3 atom stereocenters. The number of rotatable bonds is 5. The summed E-state index contributed by atoms with van der Waals surface area (Å²) >= 11 is 0. The van der Waals surface area contributed by atoms with Crippen LogP contribution in [0.5, 0.6) is 0 Å². The zero-order chi connectivity index (χ0) is 14.8. The minimum Gasteiger partial charge on any atom is -0.428 e. The first-order chi connectivity index (χ1) is 10.2. The molecule has 0 radical (unpaired) electrons. The van der Waals surface area contributed by atoms with Crippen molar-refractivity contribution in [2.45, 2.75) is 51.5 Å². The number of benzene rings is 1. The van der Waals surface area contributed by atoms with E-state index in [0.29, 0.717) is 11.6 Å². The van der Waals surface area contributed by atoms with Crippen LogP contribution in [0.3, 0.4) is 0 Å². The lowest BCUT2D eigenvalue weighted by molar-refractivity contribution is -0.153. The summed E-state index contributed by atoms with van der Waals surface area (Å²) < 4.78 is 11.6. The van der Waals surface area contributed by atoms with Crippen LogP contribution in [-0.4, -0.2) is 36.1 Å². The van der Waals surface area contributed by atoms with E-state index in [2.05, 4.69) is 18.7 Å². The van der Waals surface area contributed by atoms with Crippen molar-refractivity contribution >= 4 is 5.97 Å². The fourth-order valence-electron chi connectivity index (χ4n) is 3.50. The highest BCUT2D eigenvalue weighted by molar-refractivity contribution is 5.93. The van der Waals surface area contributed by atoms with Crippen molar-refractivity contribution in [3.05, 3.63) is 35.4 Å². The minimum absolute atomic E-state index is 0.108. The molecule has 0 aliphatic carbocycles. The van der Waals surface area contributed by atoms with Crippen LogP contribution in [0.25, 0.3) is 0 Å². The number of hydrogen-bond donors (Lipinski definition) is 0. The van der Waals surface area contributed by atoms with Crippen LogP contribution in [0, 0.1) is 0 Å². The zero-order valence-corrected chi connectivity index (χ0v) is 12.7. The molecule has 1 fully saturated rings. The van der Waals surface area contributed by atoms with Crippen molar-refractivity contribution in [2.75, 3.05) is 13.1 Å². The fourth-order valence-corrected chi connectivity index (χ4v) is 3.50. The van der Waals surface area contributed by atoms with E-state index in [9.17, 15) is 4.79 Å². The number of nitrogens with zero attached hydrogens (tertiary/aromatic N) is 1. The number of likely N-dealkylation sites (tertiary alicyclic amines) is 1. The third-order valence-electron chi connectivity index (χ3n) is 4.60. The highest BCUT2D eigenvalue weighted by atomic mass is 16.7. The summed E-state index contributed by atoms with van der Waals surface area (Å²) in [6, 6.07) is 7.94. The third-order valence-corrected chi connectivity index (χ3v) is 4.60. The van der Waals surface area contributed by atoms with Crippen molar-refractivity contribution < 1.29 is 14.3 Å². The first-order valence-corrected chi connectivity index (χ1v) is 7.94. The Kier molecular flexibility index (Phi) is 4.27. The molecule has 0 saturated carbocycles. The van der Waals surface area contributed by atoms with Crippen molar-refractivity contribution in [3.8, 4) is 0 Å². The Morgan fingerprint density at radius 1 is 1.38 bits per heavy atom. The molecule has 4 nitrogen and oxygen atoms in total. The van der Waals surface area contributed by atoms with Crippen LogP contribution in [0.15, 0.2) is 24.3 Å². The molecule has 2 aliphatic rings.